The fraction of sp³-hybridized carbons (Fsp3) is 0.391. The van der Waals surface area contributed by atoms with E-state index in [0.717, 1.165) is 12.8 Å². The summed E-state index contributed by atoms with van der Waals surface area (Å²) in [5.74, 6) is 1.39. The molecule has 1 aliphatic heterocycles. The smallest absolute Gasteiger partial charge is 0.244 e. The lowest BCUT2D eigenvalue weighted by atomic mass is 10.2. The average Bonchev–Trinajstić information content (AvgIpc) is 2.90. The number of benzene rings is 2. The first-order valence-electron chi connectivity index (χ1n) is 10.3. The summed E-state index contributed by atoms with van der Waals surface area (Å²) in [5, 5.41) is 2.85. The average molecular weight is 412 g/mol. The molecule has 3 rings (SSSR count). The number of amides is 2. The van der Waals surface area contributed by atoms with Gasteiger partial charge in [0.25, 0.3) is 0 Å². The molecular weight excluding hydrogens is 384 g/mol. The third kappa shape index (κ3) is 5.43. The Morgan fingerprint density at radius 3 is 2.57 bits per heavy atom. The molecule has 0 unspecified atom stereocenters. The van der Waals surface area contributed by atoms with Crippen LogP contribution in [0.2, 0.25) is 0 Å². The van der Waals surface area contributed by atoms with Gasteiger partial charge in [-0.25, -0.2) is 0 Å². The molecule has 1 heterocycles. The second-order valence-electron chi connectivity index (χ2n) is 6.95. The number of nitrogens with one attached hydrogen (secondary N) is 1. The van der Waals surface area contributed by atoms with Gasteiger partial charge in [0.05, 0.1) is 31.9 Å². The minimum absolute atomic E-state index is 0.0988. The predicted molar refractivity (Wildman–Crippen MR) is 116 cm³/mol. The standard InChI is InChI=1S/C23H28N2O5/c1-3-12-28-20-10-9-17(15-21(20)29-13-4-2)24-22(26)16-25-18-7-5-6-8-19(18)30-14-11-23(25)27/h5-10,15H,3-4,11-14,16H2,1-2H3,(H,24,26). The van der Waals surface area contributed by atoms with Crippen molar-refractivity contribution in [1.29, 1.82) is 0 Å². The van der Waals surface area contributed by atoms with Crippen molar-refractivity contribution in [2.24, 2.45) is 0 Å². The molecule has 0 saturated heterocycles. The topological polar surface area (TPSA) is 77.1 Å². The first kappa shape index (κ1) is 21.5. The molecule has 1 N–H and O–H groups in total. The molecule has 2 amide bonds. The van der Waals surface area contributed by atoms with E-state index in [4.69, 9.17) is 14.2 Å². The van der Waals surface area contributed by atoms with Gasteiger partial charge in [-0.05, 0) is 37.1 Å². The van der Waals surface area contributed by atoms with E-state index in [1.54, 1.807) is 30.3 Å². The summed E-state index contributed by atoms with van der Waals surface area (Å²) in [5.41, 5.74) is 1.19. The summed E-state index contributed by atoms with van der Waals surface area (Å²) in [4.78, 5) is 26.7. The molecule has 7 heteroatoms. The van der Waals surface area contributed by atoms with Gasteiger partial charge in [-0.1, -0.05) is 26.0 Å². The highest BCUT2D eigenvalue weighted by Crippen LogP contribution is 2.32. The lowest BCUT2D eigenvalue weighted by Gasteiger charge is -2.21. The maximum absolute atomic E-state index is 12.7. The van der Waals surface area contributed by atoms with Crippen LogP contribution in [0.4, 0.5) is 11.4 Å². The highest BCUT2D eigenvalue weighted by molar-refractivity contribution is 6.03. The summed E-state index contributed by atoms with van der Waals surface area (Å²) in [7, 11) is 0. The molecule has 0 aromatic heterocycles. The molecule has 0 spiro atoms. The molecule has 2 aromatic carbocycles. The molecule has 7 nitrogen and oxygen atoms in total. The molecule has 160 valence electrons. The summed E-state index contributed by atoms with van der Waals surface area (Å²) < 4.78 is 17.1. The lowest BCUT2D eigenvalue weighted by Crippen LogP contribution is -2.37. The number of hydrogen-bond acceptors (Lipinski definition) is 5. The van der Waals surface area contributed by atoms with E-state index in [-0.39, 0.29) is 24.8 Å². The number of ether oxygens (including phenoxy) is 3. The van der Waals surface area contributed by atoms with Crippen molar-refractivity contribution < 1.29 is 23.8 Å². The van der Waals surface area contributed by atoms with Gasteiger partial charge in [0.2, 0.25) is 11.8 Å². The van der Waals surface area contributed by atoms with E-state index in [1.807, 2.05) is 26.0 Å². The zero-order chi connectivity index (χ0) is 21.3. The number of fused-ring (bicyclic) bond motifs is 1. The van der Waals surface area contributed by atoms with E-state index >= 15 is 0 Å². The first-order chi connectivity index (χ1) is 14.6. The van der Waals surface area contributed by atoms with E-state index < -0.39 is 0 Å². The van der Waals surface area contributed by atoms with Crippen molar-refractivity contribution in [3.63, 3.8) is 0 Å². The van der Waals surface area contributed by atoms with E-state index in [9.17, 15) is 9.59 Å². The Hall–Kier alpha value is -3.22. The van der Waals surface area contributed by atoms with Crippen LogP contribution in [0, 0.1) is 0 Å². The van der Waals surface area contributed by atoms with E-state index in [2.05, 4.69) is 5.32 Å². The van der Waals surface area contributed by atoms with E-state index in [0.29, 0.717) is 48.4 Å². The van der Waals surface area contributed by atoms with Gasteiger partial charge in [0.15, 0.2) is 11.5 Å². The van der Waals surface area contributed by atoms with Crippen molar-refractivity contribution in [1.82, 2.24) is 0 Å². The third-order valence-corrected chi connectivity index (χ3v) is 4.48. The van der Waals surface area contributed by atoms with E-state index in [1.165, 1.54) is 4.90 Å². The Bertz CT molecular complexity index is 884. The number of carbonyl (C=O) groups is 2. The molecule has 0 radical (unpaired) electrons. The Balaban J connectivity index is 1.73. The number of hydrogen-bond donors (Lipinski definition) is 1. The minimum Gasteiger partial charge on any atom is -0.491 e. The highest BCUT2D eigenvalue weighted by Gasteiger charge is 2.25. The van der Waals surface area contributed by atoms with Gasteiger partial charge in [-0.3, -0.25) is 14.5 Å². The van der Waals surface area contributed by atoms with Crippen LogP contribution in [-0.2, 0) is 9.59 Å². The summed E-state index contributed by atoms with van der Waals surface area (Å²) in [6, 6.07) is 12.5. The van der Waals surface area contributed by atoms with Crippen molar-refractivity contribution >= 4 is 23.2 Å². The summed E-state index contributed by atoms with van der Waals surface area (Å²) in [6.07, 6.45) is 1.98. The molecule has 0 fully saturated rings. The second-order valence-corrected chi connectivity index (χ2v) is 6.95. The van der Waals surface area contributed by atoms with Crippen LogP contribution in [-0.4, -0.2) is 38.2 Å². The zero-order valence-electron chi connectivity index (χ0n) is 17.5. The van der Waals surface area contributed by atoms with Gasteiger partial charge < -0.3 is 19.5 Å². The van der Waals surface area contributed by atoms with Crippen LogP contribution in [0.1, 0.15) is 33.1 Å². The number of carbonyl (C=O) groups excluding carboxylic acids is 2. The van der Waals surface area contributed by atoms with Crippen molar-refractivity contribution in [3.05, 3.63) is 42.5 Å². The third-order valence-electron chi connectivity index (χ3n) is 4.48. The van der Waals surface area contributed by atoms with Gasteiger partial charge in [-0.2, -0.15) is 0 Å². The molecule has 0 aliphatic carbocycles. The Labute approximate surface area is 176 Å². The van der Waals surface area contributed by atoms with Crippen LogP contribution in [0.25, 0.3) is 0 Å². The fourth-order valence-electron chi connectivity index (χ4n) is 3.08. The highest BCUT2D eigenvalue weighted by atomic mass is 16.5. The van der Waals surface area contributed by atoms with Crippen LogP contribution in [0.15, 0.2) is 42.5 Å². The van der Waals surface area contributed by atoms with Gasteiger partial charge in [-0.15, -0.1) is 0 Å². The van der Waals surface area contributed by atoms with Crippen LogP contribution in [0.5, 0.6) is 17.2 Å². The molecule has 2 aromatic rings. The predicted octanol–water partition coefficient (Wildman–Crippen LogP) is 4.02. The Kier molecular flexibility index (Phi) is 7.54. The number of para-hydroxylation sites is 2. The summed E-state index contributed by atoms with van der Waals surface area (Å²) in [6.45, 7) is 5.40. The maximum Gasteiger partial charge on any atom is 0.244 e. The van der Waals surface area contributed by atoms with Crippen LogP contribution >= 0.6 is 0 Å². The van der Waals surface area contributed by atoms with Crippen molar-refractivity contribution in [3.8, 4) is 17.2 Å². The number of nitrogens with zero attached hydrogens (tertiary/aromatic N) is 1. The van der Waals surface area contributed by atoms with Crippen LogP contribution < -0.4 is 24.4 Å². The van der Waals surface area contributed by atoms with Crippen molar-refractivity contribution in [2.45, 2.75) is 33.1 Å². The Morgan fingerprint density at radius 1 is 1.07 bits per heavy atom. The molecular formula is C23H28N2O5. The minimum atomic E-state index is -0.302. The lowest BCUT2D eigenvalue weighted by molar-refractivity contribution is -0.121. The molecule has 1 aliphatic rings. The Morgan fingerprint density at radius 2 is 1.80 bits per heavy atom. The number of rotatable bonds is 9. The molecule has 30 heavy (non-hydrogen) atoms. The largest absolute Gasteiger partial charge is 0.491 e. The zero-order valence-corrected chi connectivity index (χ0v) is 17.5. The number of anilines is 2. The monoisotopic (exact) mass is 412 g/mol. The van der Waals surface area contributed by atoms with Gasteiger partial charge >= 0.3 is 0 Å². The normalized spacial score (nSPS) is 13.1. The van der Waals surface area contributed by atoms with Crippen LogP contribution in [0.3, 0.4) is 0 Å². The first-order valence-corrected chi connectivity index (χ1v) is 10.3. The SMILES string of the molecule is CCCOc1ccc(NC(=O)CN2C(=O)CCOc3ccccc32)cc1OCCC. The molecule has 0 atom stereocenters. The van der Waals surface area contributed by atoms with Crippen molar-refractivity contribution in [2.75, 3.05) is 36.6 Å². The van der Waals surface area contributed by atoms with Gasteiger partial charge in [0.1, 0.15) is 12.3 Å². The summed E-state index contributed by atoms with van der Waals surface area (Å²) >= 11 is 0. The quantitative estimate of drug-likeness (QED) is 0.673. The fourth-order valence-corrected chi connectivity index (χ4v) is 3.08. The van der Waals surface area contributed by atoms with Gasteiger partial charge in [0, 0.05) is 11.8 Å². The molecule has 0 bridgehead atoms. The maximum atomic E-state index is 12.7. The second kappa shape index (κ2) is 10.5. The molecule has 0 saturated carbocycles.